The van der Waals surface area contributed by atoms with Crippen LogP contribution < -0.4 is 0 Å². The van der Waals surface area contributed by atoms with Gasteiger partial charge in [0.2, 0.25) is 0 Å². The maximum absolute atomic E-state index is 10.8. The molecule has 0 unspecified atom stereocenters. The molecule has 5 heteroatoms. The Morgan fingerprint density at radius 3 is 1.85 bits per heavy atom. The van der Waals surface area contributed by atoms with E-state index in [0.29, 0.717) is 10.1 Å². The van der Waals surface area contributed by atoms with Crippen LogP contribution in [0.1, 0.15) is 0 Å². The van der Waals surface area contributed by atoms with Crippen LogP contribution in [-0.4, -0.2) is 36.4 Å². The van der Waals surface area contributed by atoms with E-state index in [4.69, 9.17) is 4.74 Å². The highest BCUT2D eigenvalue weighted by Gasteiger charge is 2.05. The minimum Gasteiger partial charge on any atom is -0.759 e. The molecule has 0 bridgehead atoms. The van der Waals surface area contributed by atoms with Crippen molar-refractivity contribution in [3.05, 3.63) is 36.0 Å². The number of nitrogens with zero attached hydrogens (tertiary/aromatic N) is 2. The first-order chi connectivity index (χ1) is 6.13. The summed E-state index contributed by atoms with van der Waals surface area (Å²) in [5.74, 6) is 0. The summed E-state index contributed by atoms with van der Waals surface area (Å²) in [5, 5.41) is 22.9. The maximum atomic E-state index is 10.8. The van der Waals surface area contributed by atoms with Crippen molar-refractivity contribution in [2.75, 3.05) is 20.2 Å². The lowest BCUT2D eigenvalue weighted by molar-refractivity contribution is 0.0723. The fourth-order valence-electron chi connectivity index (χ4n) is 0.757. The van der Waals surface area contributed by atoms with E-state index in [1.54, 1.807) is 0 Å². The summed E-state index contributed by atoms with van der Waals surface area (Å²) in [4.78, 5) is 0. The summed E-state index contributed by atoms with van der Waals surface area (Å²) in [7, 11) is 1.44. The monoisotopic (exact) mass is 186 g/mol. The van der Waals surface area contributed by atoms with Gasteiger partial charge >= 0.3 is 0 Å². The fourth-order valence-corrected chi connectivity index (χ4v) is 0.757. The first-order valence-corrected chi connectivity index (χ1v) is 3.79. The van der Waals surface area contributed by atoms with Gasteiger partial charge in [-0.2, -0.15) is 0 Å². The third-order valence-electron chi connectivity index (χ3n) is 1.51. The zero-order valence-electron chi connectivity index (χ0n) is 7.68. The standard InChI is InChI=1S/C8H14N2O3/c1-4-9(11)6-8(13-3)7-10(12)5-2/h4-5,8H,1-2,6-7H2,3H3/q-2. The van der Waals surface area contributed by atoms with Crippen LogP contribution in [0, 0.1) is 10.4 Å². The second-order valence-electron chi connectivity index (χ2n) is 2.42. The Morgan fingerprint density at radius 2 is 1.62 bits per heavy atom. The summed E-state index contributed by atoms with van der Waals surface area (Å²) in [6.07, 6.45) is 1.83. The van der Waals surface area contributed by atoms with Gasteiger partial charge in [0.25, 0.3) is 0 Å². The van der Waals surface area contributed by atoms with Crippen LogP contribution in [0.25, 0.3) is 0 Å². The van der Waals surface area contributed by atoms with Crippen molar-refractivity contribution in [1.82, 2.24) is 10.1 Å². The molecule has 0 spiro atoms. The van der Waals surface area contributed by atoms with Crippen LogP contribution in [0.5, 0.6) is 0 Å². The van der Waals surface area contributed by atoms with Crippen molar-refractivity contribution in [3.63, 3.8) is 0 Å². The molecular weight excluding hydrogens is 172 g/mol. The highest BCUT2D eigenvalue weighted by atomic mass is 16.5. The summed E-state index contributed by atoms with van der Waals surface area (Å²) >= 11 is 0. The number of rotatable bonds is 7. The summed E-state index contributed by atoms with van der Waals surface area (Å²) < 4.78 is 4.92. The molecule has 0 aliphatic heterocycles. The van der Waals surface area contributed by atoms with Crippen molar-refractivity contribution in [3.8, 4) is 0 Å². The molecule has 0 amide bonds. The van der Waals surface area contributed by atoms with E-state index in [9.17, 15) is 10.4 Å². The lowest BCUT2D eigenvalue weighted by atomic mass is 10.3. The SMILES string of the molecule is C=CN([O-])CC(CN([O-])C=C)OC. The van der Waals surface area contributed by atoms with Gasteiger partial charge < -0.3 is 25.3 Å². The lowest BCUT2D eigenvalue weighted by Gasteiger charge is -2.35. The molecule has 0 aromatic carbocycles. The zero-order valence-corrected chi connectivity index (χ0v) is 7.68. The molecule has 0 aliphatic carbocycles. The second-order valence-corrected chi connectivity index (χ2v) is 2.42. The molecule has 0 aromatic rings. The largest absolute Gasteiger partial charge is 0.759 e. The molecule has 0 heterocycles. The minimum absolute atomic E-state index is 0.0899. The van der Waals surface area contributed by atoms with E-state index in [2.05, 4.69) is 13.2 Å². The molecule has 0 saturated carbocycles. The van der Waals surface area contributed by atoms with Crippen molar-refractivity contribution in [2.24, 2.45) is 0 Å². The second kappa shape index (κ2) is 6.47. The Morgan fingerprint density at radius 1 is 1.23 bits per heavy atom. The van der Waals surface area contributed by atoms with Gasteiger partial charge in [-0.05, 0) is 12.4 Å². The Hall–Kier alpha value is -1.04. The van der Waals surface area contributed by atoms with Gasteiger partial charge in [-0.15, -0.1) is 0 Å². The average Bonchev–Trinajstić information content (AvgIpc) is 2.16. The average molecular weight is 186 g/mol. The molecule has 0 saturated heterocycles. The van der Waals surface area contributed by atoms with E-state index in [0.717, 1.165) is 12.4 Å². The van der Waals surface area contributed by atoms with Crippen molar-refractivity contribution < 1.29 is 4.74 Å². The van der Waals surface area contributed by atoms with Crippen LogP contribution >= 0.6 is 0 Å². The Balaban J connectivity index is 3.87. The molecule has 0 aromatic heterocycles. The Labute approximate surface area is 78.0 Å². The van der Waals surface area contributed by atoms with Gasteiger partial charge in [0, 0.05) is 20.2 Å². The van der Waals surface area contributed by atoms with Crippen molar-refractivity contribution >= 4 is 0 Å². The number of ether oxygens (including phenoxy) is 1. The van der Waals surface area contributed by atoms with Gasteiger partial charge in [-0.1, -0.05) is 13.2 Å². The smallest absolute Gasteiger partial charge is 0.0903 e. The van der Waals surface area contributed by atoms with Crippen LogP contribution in [0.15, 0.2) is 25.6 Å². The van der Waals surface area contributed by atoms with E-state index >= 15 is 0 Å². The molecule has 13 heavy (non-hydrogen) atoms. The fraction of sp³-hybridized carbons (Fsp3) is 0.500. The number of hydroxylamine groups is 4. The third-order valence-corrected chi connectivity index (χ3v) is 1.51. The molecule has 0 N–H and O–H groups in total. The minimum atomic E-state index is -0.439. The molecule has 0 atom stereocenters. The highest BCUT2D eigenvalue weighted by molar-refractivity contribution is 4.80. The van der Waals surface area contributed by atoms with Gasteiger partial charge in [0.1, 0.15) is 0 Å². The van der Waals surface area contributed by atoms with Gasteiger partial charge in [-0.3, -0.25) is 0 Å². The Kier molecular flexibility index (Phi) is 5.96. The lowest BCUT2D eigenvalue weighted by Crippen LogP contribution is -2.33. The number of methoxy groups -OCH3 is 1. The van der Waals surface area contributed by atoms with Crippen LogP contribution in [0.2, 0.25) is 0 Å². The van der Waals surface area contributed by atoms with Gasteiger partial charge in [0.15, 0.2) is 0 Å². The summed E-state index contributed by atoms with van der Waals surface area (Å²) in [5.41, 5.74) is 0. The molecule has 76 valence electrons. The predicted octanol–water partition coefficient (Wildman–Crippen LogP) is 0.888. The zero-order chi connectivity index (χ0) is 10.3. The normalized spacial score (nSPS) is 9.85. The van der Waals surface area contributed by atoms with E-state index in [1.807, 2.05) is 0 Å². The van der Waals surface area contributed by atoms with Crippen molar-refractivity contribution in [2.45, 2.75) is 6.10 Å². The van der Waals surface area contributed by atoms with E-state index in [-0.39, 0.29) is 13.1 Å². The summed E-state index contributed by atoms with van der Waals surface area (Å²) in [6.45, 7) is 6.77. The van der Waals surface area contributed by atoms with Gasteiger partial charge in [0.05, 0.1) is 6.10 Å². The highest BCUT2D eigenvalue weighted by Crippen LogP contribution is 1.98. The molecule has 0 fully saturated rings. The van der Waals surface area contributed by atoms with Crippen molar-refractivity contribution in [1.29, 1.82) is 0 Å². The molecule has 5 nitrogen and oxygen atoms in total. The molecule has 0 aliphatic rings. The maximum Gasteiger partial charge on any atom is 0.0903 e. The predicted molar refractivity (Wildman–Crippen MR) is 51.3 cm³/mol. The quantitative estimate of drug-likeness (QED) is 0.552. The third kappa shape index (κ3) is 5.24. The first kappa shape index (κ1) is 12.0. The van der Waals surface area contributed by atoms with Gasteiger partial charge in [-0.25, -0.2) is 0 Å². The van der Waals surface area contributed by atoms with E-state index < -0.39 is 6.10 Å². The number of hydrogen-bond donors (Lipinski definition) is 0. The topological polar surface area (TPSA) is 61.8 Å². The van der Waals surface area contributed by atoms with Crippen LogP contribution in [-0.2, 0) is 4.74 Å². The summed E-state index contributed by atoms with van der Waals surface area (Å²) in [6, 6.07) is 0. The number of hydrogen-bond acceptors (Lipinski definition) is 5. The molecule has 0 radical (unpaired) electrons. The first-order valence-electron chi connectivity index (χ1n) is 3.79. The molecule has 0 rings (SSSR count). The Bertz CT molecular complexity index is 147. The van der Waals surface area contributed by atoms with E-state index in [1.165, 1.54) is 7.11 Å². The van der Waals surface area contributed by atoms with Crippen LogP contribution in [0.3, 0.4) is 0 Å². The van der Waals surface area contributed by atoms with Crippen LogP contribution in [0.4, 0.5) is 0 Å². The molecular formula is C8H14N2O3-2.